The first kappa shape index (κ1) is 11.8. The summed E-state index contributed by atoms with van der Waals surface area (Å²) in [5.41, 5.74) is 5.95. The van der Waals surface area contributed by atoms with Gasteiger partial charge in [-0.3, -0.25) is 4.79 Å². The van der Waals surface area contributed by atoms with Gasteiger partial charge in [-0.25, -0.2) is 0 Å². The molecule has 0 saturated carbocycles. The van der Waals surface area contributed by atoms with Crippen LogP contribution in [0.15, 0.2) is 12.1 Å². The number of benzene rings is 1. The van der Waals surface area contributed by atoms with Gasteiger partial charge in [0.1, 0.15) is 0 Å². The third-order valence-corrected chi connectivity index (χ3v) is 2.65. The first-order valence-corrected chi connectivity index (χ1v) is 4.81. The average Bonchev–Trinajstić information content (AvgIpc) is 2.19. The first-order chi connectivity index (χ1) is 7.07. The number of carbonyl (C=O) groups is 1. The molecule has 0 aliphatic rings. The molecular weight excluding hydrogens is 235 g/mol. The van der Waals surface area contributed by atoms with E-state index in [1.54, 1.807) is 12.1 Å². The van der Waals surface area contributed by atoms with Crippen molar-refractivity contribution in [3.63, 3.8) is 0 Å². The molecule has 1 radical (unpaired) electrons. The second kappa shape index (κ2) is 5.01. The van der Waals surface area contributed by atoms with E-state index in [4.69, 9.17) is 34.2 Å². The minimum Gasteiger partial charge on any atom is -0.366 e. The smallest absolute Gasteiger partial charge is 0.250 e. The van der Waals surface area contributed by atoms with Crippen LogP contribution in [0.25, 0.3) is 0 Å². The first-order valence-electron chi connectivity index (χ1n) is 4.06. The predicted octanol–water partition coefficient (Wildman–Crippen LogP) is 2.36. The molecule has 0 aromatic heterocycles. The third-order valence-electron chi connectivity index (χ3n) is 1.84. The second-order valence-electron chi connectivity index (χ2n) is 2.80. The maximum atomic E-state index is 11.1. The van der Waals surface area contributed by atoms with Gasteiger partial charge in [-0.15, -0.1) is 0 Å². The number of nitriles is 1. The number of hydrogen-bond acceptors (Lipinski definition) is 2. The minimum atomic E-state index is -0.649. The summed E-state index contributed by atoms with van der Waals surface area (Å²) >= 11 is 11.6. The van der Waals surface area contributed by atoms with Crippen molar-refractivity contribution >= 4 is 29.1 Å². The average molecular weight is 242 g/mol. The summed E-state index contributed by atoms with van der Waals surface area (Å²) in [6.45, 7) is 0. The molecule has 0 bridgehead atoms. The van der Waals surface area contributed by atoms with Crippen LogP contribution < -0.4 is 5.73 Å². The fourth-order valence-electron chi connectivity index (χ4n) is 1.18. The summed E-state index contributed by atoms with van der Waals surface area (Å²) in [6, 6.07) is 5.06. The van der Waals surface area contributed by atoms with Crippen molar-refractivity contribution in [1.29, 1.82) is 5.26 Å². The summed E-state index contributed by atoms with van der Waals surface area (Å²) < 4.78 is 0. The molecule has 1 aromatic carbocycles. The van der Waals surface area contributed by atoms with Gasteiger partial charge < -0.3 is 5.73 Å². The maximum absolute atomic E-state index is 11.1. The van der Waals surface area contributed by atoms with Gasteiger partial charge in [0.2, 0.25) is 0 Å². The summed E-state index contributed by atoms with van der Waals surface area (Å²) in [7, 11) is 0. The molecule has 77 valence electrons. The molecule has 5 heteroatoms. The molecule has 0 spiro atoms. The van der Waals surface area contributed by atoms with Crippen LogP contribution in [-0.4, -0.2) is 5.91 Å². The van der Waals surface area contributed by atoms with Crippen LogP contribution in [-0.2, 0) is 6.42 Å². The van der Waals surface area contributed by atoms with Gasteiger partial charge in [0.15, 0.2) is 0 Å². The quantitative estimate of drug-likeness (QED) is 0.883. The monoisotopic (exact) mass is 241 g/mol. The number of halogens is 2. The van der Waals surface area contributed by atoms with Crippen LogP contribution in [0.2, 0.25) is 10.0 Å². The van der Waals surface area contributed by atoms with Crippen molar-refractivity contribution in [2.75, 3.05) is 0 Å². The standard InChI is InChI=1S/C10H7Cl2N2O/c11-7-4-3-6(2-1-5-13)8(9(7)12)10(14)15/h1,3-4H,2H2,(H2,14,15). The number of carbonyl (C=O) groups excluding carboxylic acids is 1. The van der Waals surface area contributed by atoms with Crippen molar-refractivity contribution < 1.29 is 4.79 Å². The van der Waals surface area contributed by atoms with Gasteiger partial charge >= 0.3 is 0 Å². The molecular formula is C10H7Cl2N2O. The SMILES string of the molecule is N#C[CH]Cc1ccc(Cl)c(Cl)c1C(N)=O. The zero-order valence-corrected chi connectivity index (χ0v) is 9.14. The lowest BCUT2D eigenvalue weighted by atomic mass is 10.0. The Kier molecular flexibility index (Phi) is 3.96. The van der Waals surface area contributed by atoms with Crippen LogP contribution >= 0.6 is 23.2 Å². The van der Waals surface area contributed by atoms with E-state index < -0.39 is 5.91 Å². The normalized spacial score (nSPS) is 9.67. The van der Waals surface area contributed by atoms with E-state index in [0.29, 0.717) is 12.0 Å². The van der Waals surface area contributed by atoms with Gasteiger partial charge in [0, 0.05) is 0 Å². The molecule has 15 heavy (non-hydrogen) atoms. The summed E-state index contributed by atoms with van der Waals surface area (Å²) in [6.07, 6.45) is 1.66. The molecule has 0 atom stereocenters. The van der Waals surface area contributed by atoms with Crippen LogP contribution in [0.3, 0.4) is 0 Å². The molecule has 2 N–H and O–H groups in total. The highest BCUT2D eigenvalue weighted by Gasteiger charge is 2.15. The zero-order chi connectivity index (χ0) is 11.4. The Labute approximate surface area is 97.4 Å². The van der Waals surface area contributed by atoms with Gasteiger partial charge in [-0.05, 0) is 18.1 Å². The Morgan fingerprint density at radius 3 is 2.73 bits per heavy atom. The molecule has 0 aliphatic carbocycles. The fraction of sp³-hybridized carbons (Fsp3) is 0.100. The van der Waals surface area contributed by atoms with Crippen molar-refractivity contribution in [2.45, 2.75) is 6.42 Å². The minimum absolute atomic E-state index is 0.132. The molecule has 0 unspecified atom stereocenters. The highest BCUT2D eigenvalue weighted by Crippen LogP contribution is 2.28. The summed E-state index contributed by atoms with van der Waals surface area (Å²) in [5, 5.41) is 8.80. The zero-order valence-electron chi connectivity index (χ0n) is 7.63. The molecule has 1 rings (SSSR count). The predicted molar refractivity (Wildman–Crippen MR) is 58.6 cm³/mol. The maximum Gasteiger partial charge on any atom is 0.250 e. The largest absolute Gasteiger partial charge is 0.366 e. The molecule has 0 heterocycles. The summed E-state index contributed by atoms with van der Waals surface area (Å²) in [5.74, 6) is -0.649. The highest BCUT2D eigenvalue weighted by molar-refractivity contribution is 6.44. The van der Waals surface area contributed by atoms with Crippen molar-refractivity contribution in [3.05, 3.63) is 39.7 Å². The summed E-state index contributed by atoms with van der Waals surface area (Å²) in [4.78, 5) is 11.1. The number of hydrogen-bond donors (Lipinski definition) is 1. The van der Waals surface area contributed by atoms with Crippen molar-refractivity contribution in [1.82, 2.24) is 0 Å². The van der Waals surface area contributed by atoms with E-state index >= 15 is 0 Å². The van der Waals surface area contributed by atoms with Crippen LogP contribution in [0.1, 0.15) is 15.9 Å². The number of nitrogens with two attached hydrogens (primary N) is 1. The number of amides is 1. The Morgan fingerprint density at radius 2 is 2.20 bits per heavy atom. The lowest BCUT2D eigenvalue weighted by Gasteiger charge is -2.07. The van der Waals surface area contributed by atoms with E-state index in [0.717, 1.165) is 0 Å². The third kappa shape index (κ3) is 2.62. The number of primary amides is 1. The van der Waals surface area contributed by atoms with Crippen LogP contribution in [0.4, 0.5) is 0 Å². The molecule has 0 fully saturated rings. The lowest BCUT2D eigenvalue weighted by molar-refractivity contribution is 0.0999. The Bertz CT molecular complexity index is 438. The van der Waals surface area contributed by atoms with E-state index in [1.165, 1.54) is 6.42 Å². The molecule has 3 nitrogen and oxygen atoms in total. The topological polar surface area (TPSA) is 66.9 Å². The molecule has 1 amide bonds. The lowest BCUT2D eigenvalue weighted by Crippen LogP contribution is -2.14. The van der Waals surface area contributed by atoms with Crippen LogP contribution in [0.5, 0.6) is 0 Å². The number of rotatable bonds is 3. The van der Waals surface area contributed by atoms with E-state index in [-0.39, 0.29) is 15.6 Å². The Morgan fingerprint density at radius 1 is 1.53 bits per heavy atom. The van der Waals surface area contributed by atoms with Gasteiger partial charge in [-0.1, -0.05) is 29.3 Å². The Hall–Kier alpha value is -1.24. The molecule has 1 aromatic rings. The van der Waals surface area contributed by atoms with Gasteiger partial charge in [-0.2, -0.15) is 5.26 Å². The Balaban J connectivity index is 3.22. The van der Waals surface area contributed by atoms with E-state index in [9.17, 15) is 4.79 Å². The van der Waals surface area contributed by atoms with Crippen molar-refractivity contribution in [2.24, 2.45) is 5.73 Å². The number of nitrogens with zero attached hydrogens (tertiary/aromatic N) is 1. The second-order valence-corrected chi connectivity index (χ2v) is 3.58. The van der Waals surface area contributed by atoms with Gasteiger partial charge in [0.25, 0.3) is 5.91 Å². The molecule has 0 aliphatic heterocycles. The van der Waals surface area contributed by atoms with E-state index in [1.807, 2.05) is 6.07 Å². The fourth-order valence-corrected chi connectivity index (χ4v) is 1.62. The van der Waals surface area contributed by atoms with Crippen molar-refractivity contribution in [3.8, 4) is 6.07 Å². The van der Waals surface area contributed by atoms with Gasteiger partial charge in [0.05, 0.1) is 28.1 Å². The molecule has 0 saturated heterocycles. The van der Waals surface area contributed by atoms with E-state index in [2.05, 4.69) is 0 Å². The van der Waals surface area contributed by atoms with Crippen LogP contribution in [0, 0.1) is 17.8 Å². The highest BCUT2D eigenvalue weighted by atomic mass is 35.5.